The molecule has 1 aromatic heterocycles. The zero-order chi connectivity index (χ0) is 13.9. The highest BCUT2D eigenvalue weighted by Gasteiger charge is 2.17. The van der Waals surface area contributed by atoms with Gasteiger partial charge in [-0.05, 0) is 36.2 Å². The van der Waals surface area contributed by atoms with Crippen molar-refractivity contribution in [2.75, 3.05) is 0 Å². The predicted octanol–water partition coefficient (Wildman–Crippen LogP) is 1.50. The first-order valence-corrected chi connectivity index (χ1v) is 6.87. The fourth-order valence-electron chi connectivity index (χ4n) is 1.85. The van der Waals surface area contributed by atoms with Crippen LogP contribution in [0.2, 0.25) is 0 Å². The molecule has 0 saturated heterocycles. The Morgan fingerprint density at radius 2 is 2.11 bits per heavy atom. The molecule has 0 fully saturated rings. The number of carbonyl (C=O) groups is 1. The Balaban J connectivity index is 2.67. The van der Waals surface area contributed by atoms with Crippen LogP contribution in [0.4, 0.5) is 0 Å². The smallest absolute Gasteiger partial charge is 0.234 e. The summed E-state index contributed by atoms with van der Waals surface area (Å²) in [5, 5.41) is 7.57. The summed E-state index contributed by atoms with van der Waals surface area (Å²) >= 11 is 3.49. The lowest BCUT2D eigenvalue weighted by atomic mass is 10.1. The molecule has 1 amide bonds. The minimum Gasteiger partial charge on any atom is -0.368 e. The van der Waals surface area contributed by atoms with E-state index < -0.39 is 0 Å². The number of rotatable bonds is 6. The molecular formula is C12H21BrN4O. The molecule has 18 heavy (non-hydrogen) atoms. The van der Waals surface area contributed by atoms with Crippen LogP contribution in [0.1, 0.15) is 31.7 Å². The van der Waals surface area contributed by atoms with E-state index in [1.165, 1.54) is 0 Å². The maximum Gasteiger partial charge on any atom is 0.234 e. The standard InChI is InChI=1S/C12H21BrN4O/c1-7(2)15-10(12(14)18)5-6-17-9(4)11(13)8(3)16-17/h7,10,15H,5-6H2,1-4H3,(H2,14,18). The van der Waals surface area contributed by atoms with Gasteiger partial charge in [-0.2, -0.15) is 5.10 Å². The first kappa shape index (κ1) is 15.2. The van der Waals surface area contributed by atoms with Crippen molar-refractivity contribution < 1.29 is 4.79 Å². The van der Waals surface area contributed by atoms with Gasteiger partial charge in [0.25, 0.3) is 0 Å². The Hall–Kier alpha value is -0.880. The highest BCUT2D eigenvalue weighted by Crippen LogP contribution is 2.20. The zero-order valence-electron chi connectivity index (χ0n) is 11.3. The van der Waals surface area contributed by atoms with Gasteiger partial charge in [-0.15, -0.1) is 0 Å². The molecule has 0 aliphatic rings. The molecule has 0 aromatic carbocycles. The third-order valence-corrected chi connectivity index (χ3v) is 3.95. The van der Waals surface area contributed by atoms with Crippen molar-refractivity contribution in [2.24, 2.45) is 5.73 Å². The van der Waals surface area contributed by atoms with Gasteiger partial charge >= 0.3 is 0 Å². The second kappa shape index (κ2) is 6.33. The van der Waals surface area contributed by atoms with Crippen LogP contribution >= 0.6 is 15.9 Å². The number of nitrogens with two attached hydrogens (primary N) is 1. The average molecular weight is 317 g/mol. The lowest BCUT2D eigenvalue weighted by Crippen LogP contribution is -2.45. The molecule has 1 rings (SSSR count). The summed E-state index contributed by atoms with van der Waals surface area (Å²) in [6.07, 6.45) is 0.641. The van der Waals surface area contributed by atoms with Gasteiger partial charge in [0.05, 0.1) is 16.2 Å². The Morgan fingerprint density at radius 1 is 1.50 bits per heavy atom. The molecule has 1 unspecified atom stereocenters. The summed E-state index contributed by atoms with van der Waals surface area (Å²) in [6, 6.07) is -0.0811. The summed E-state index contributed by atoms with van der Waals surface area (Å²) in [5.41, 5.74) is 7.41. The first-order valence-electron chi connectivity index (χ1n) is 6.07. The van der Waals surface area contributed by atoms with Crippen molar-refractivity contribution in [2.45, 2.75) is 52.7 Å². The number of amides is 1. The fraction of sp³-hybridized carbons (Fsp3) is 0.667. The number of nitrogens with zero attached hydrogens (tertiary/aromatic N) is 2. The second-order valence-corrected chi connectivity index (χ2v) is 5.57. The number of carbonyl (C=O) groups excluding carboxylic acids is 1. The van der Waals surface area contributed by atoms with E-state index in [1.54, 1.807) is 0 Å². The van der Waals surface area contributed by atoms with E-state index in [4.69, 9.17) is 5.73 Å². The number of nitrogens with one attached hydrogen (secondary N) is 1. The van der Waals surface area contributed by atoms with E-state index in [0.717, 1.165) is 15.9 Å². The highest BCUT2D eigenvalue weighted by atomic mass is 79.9. The van der Waals surface area contributed by atoms with Gasteiger partial charge < -0.3 is 11.1 Å². The van der Waals surface area contributed by atoms with Crippen molar-refractivity contribution in [1.82, 2.24) is 15.1 Å². The Morgan fingerprint density at radius 3 is 2.50 bits per heavy atom. The molecule has 102 valence electrons. The van der Waals surface area contributed by atoms with E-state index in [1.807, 2.05) is 32.4 Å². The van der Waals surface area contributed by atoms with Gasteiger partial charge in [-0.25, -0.2) is 0 Å². The molecule has 0 aliphatic heterocycles. The van der Waals surface area contributed by atoms with E-state index in [9.17, 15) is 4.79 Å². The molecule has 5 nitrogen and oxygen atoms in total. The van der Waals surface area contributed by atoms with Crippen LogP contribution in [-0.2, 0) is 11.3 Å². The number of hydrogen-bond donors (Lipinski definition) is 2. The van der Waals surface area contributed by atoms with E-state index in [-0.39, 0.29) is 18.0 Å². The number of aryl methyl sites for hydroxylation is 2. The van der Waals surface area contributed by atoms with Gasteiger partial charge in [0.2, 0.25) is 5.91 Å². The normalized spacial score (nSPS) is 13.0. The third kappa shape index (κ3) is 3.81. The van der Waals surface area contributed by atoms with E-state index >= 15 is 0 Å². The lowest BCUT2D eigenvalue weighted by Gasteiger charge is -2.18. The van der Waals surface area contributed by atoms with E-state index in [2.05, 4.69) is 26.3 Å². The topological polar surface area (TPSA) is 72.9 Å². The zero-order valence-corrected chi connectivity index (χ0v) is 12.9. The van der Waals surface area contributed by atoms with Crippen LogP contribution in [0.5, 0.6) is 0 Å². The lowest BCUT2D eigenvalue weighted by molar-refractivity contribution is -0.120. The molecular weight excluding hydrogens is 296 g/mol. The van der Waals surface area contributed by atoms with Crippen LogP contribution in [0.3, 0.4) is 0 Å². The van der Waals surface area contributed by atoms with Gasteiger partial charge in [0.15, 0.2) is 0 Å². The van der Waals surface area contributed by atoms with Crippen molar-refractivity contribution >= 4 is 21.8 Å². The molecule has 1 atom stereocenters. The highest BCUT2D eigenvalue weighted by molar-refractivity contribution is 9.10. The summed E-state index contributed by atoms with van der Waals surface area (Å²) in [6.45, 7) is 8.61. The van der Waals surface area contributed by atoms with Crippen LogP contribution in [0.25, 0.3) is 0 Å². The Bertz CT molecular complexity index is 428. The Labute approximate surface area is 116 Å². The molecule has 0 saturated carbocycles. The quantitative estimate of drug-likeness (QED) is 0.835. The van der Waals surface area contributed by atoms with Crippen LogP contribution < -0.4 is 11.1 Å². The summed E-state index contributed by atoms with van der Waals surface area (Å²) < 4.78 is 2.92. The van der Waals surface area contributed by atoms with Crippen molar-refractivity contribution in [3.8, 4) is 0 Å². The van der Waals surface area contributed by atoms with E-state index in [0.29, 0.717) is 13.0 Å². The molecule has 3 N–H and O–H groups in total. The Kier molecular flexibility index (Phi) is 5.34. The molecule has 0 radical (unpaired) electrons. The third-order valence-electron chi connectivity index (χ3n) is 2.80. The van der Waals surface area contributed by atoms with Crippen LogP contribution in [0, 0.1) is 13.8 Å². The molecule has 1 aromatic rings. The van der Waals surface area contributed by atoms with Gasteiger partial charge in [0, 0.05) is 18.3 Å². The van der Waals surface area contributed by atoms with Crippen LogP contribution in [0.15, 0.2) is 4.47 Å². The molecule has 1 heterocycles. The summed E-state index contributed by atoms with van der Waals surface area (Å²) in [7, 11) is 0. The number of hydrogen-bond acceptors (Lipinski definition) is 3. The second-order valence-electron chi connectivity index (χ2n) is 4.77. The summed E-state index contributed by atoms with van der Waals surface area (Å²) in [4.78, 5) is 11.3. The van der Waals surface area contributed by atoms with Gasteiger partial charge in [-0.3, -0.25) is 9.48 Å². The maximum atomic E-state index is 11.3. The minimum absolute atomic E-state index is 0.231. The monoisotopic (exact) mass is 316 g/mol. The van der Waals surface area contributed by atoms with Gasteiger partial charge in [-0.1, -0.05) is 13.8 Å². The first-order chi connectivity index (χ1) is 8.32. The van der Waals surface area contributed by atoms with Gasteiger partial charge in [0.1, 0.15) is 0 Å². The molecule has 0 spiro atoms. The molecule has 6 heteroatoms. The van der Waals surface area contributed by atoms with Crippen LogP contribution in [-0.4, -0.2) is 27.8 Å². The number of halogens is 1. The summed E-state index contributed by atoms with van der Waals surface area (Å²) in [5.74, 6) is -0.315. The number of primary amides is 1. The van der Waals surface area contributed by atoms with Crippen molar-refractivity contribution in [3.63, 3.8) is 0 Å². The average Bonchev–Trinajstić information content (AvgIpc) is 2.51. The fourth-order valence-corrected chi connectivity index (χ4v) is 2.14. The molecule has 0 aliphatic carbocycles. The predicted molar refractivity (Wildman–Crippen MR) is 75.3 cm³/mol. The largest absolute Gasteiger partial charge is 0.368 e. The maximum absolute atomic E-state index is 11.3. The number of aromatic nitrogens is 2. The SMILES string of the molecule is Cc1nn(CCC(NC(C)C)C(N)=O)c(C)c1Br. The molecule has 0 bridgehead atoms. The minimum atomic E-state index is -0.315. The van der Waals surface area contributed by atoms with Crippen molar-refractivity contribution in [3.05, 3.63) is 15.9 Å². The van der Waals surface area contributed by atoms with Crippen molar-refractivity contribution in [1.29, 1.82) is 0 Å².